The SMILES string of the molecule is COCOc1c(Cl)cccc1CC(=O)OC. The number of hydrogen-bond donors (Lipinski definition) is 0. The monoisotopic (exact) mass is 244 g/mol. The summed E-state index contributed by atoms with van der Waals surface area (Å²) in [5.74, 6) is 0.112. The quantitative estimate of drug-likeness (QED) is 0.587. The Morgan fingerprint density at radius 1 is 1.38 bits per heavy atom. The Morgan fingerprint density at radius 2 is 2.12 bits per heavy atom. The first-order valence-corrected chi connectivity index (χ1v) is 5.02. The Morgan fingerprint density at radius 3 is 2.75 bits per heavy atom. The average Bonchev–Trinajstić information content (AvgIpc) is 2.28. The van der Waals surface area contributed by atoms with Gasteiger partial charge >= 0.3 is 5.97 Å². The molecule has 4 nitrogen and oxygen atoms in total. The lowest BCUT2D eigenvalue weighted by atomic mass is 10.1. The number of rotatable bonds is 5. The fourth-order valence-electron chi connectivity index (χ4n) is 1.20. The number of benzene rings is 1. The largest absolute Gasteiger partial charge is 0.469 e. The fraction of sp³-hybridized carbons (Fsp3) is 0.364. The number of halogens is 1. The topological polar surface area (TPSA) is 44.8 Å². The van der Waals surface area contributed by atoms with Crippen molar-refractivity contribution in [3.05, 3.63) is 28.8 Å². The van der Waals surface area contributed by atoms with Crippen LogP contribution in [0.5, 0.6) is 5.75 Å². The number of methoxy groups -OCH3 is 2. The van der Waals surface area contributed by atoms with Gasteiger partial charge in [-0.2, -0.15) is 0 Å². The maximum Gasteiger partial charge on any atom is 0.310 e. The number of carbonyl (C=O) groups is 1. The second kappa shape index (κ2) is 6.35. The van der Waals surface area contributed by atoms with Crippen LogP contribution in [0.4, 0.5) is 0 Å². The number of para-hydroxylation sites is 1. The van der Waals surface area contributed by atoms with Gasteiger partial charge in [-0.25, -0.2) is 0 Å². The minimum atomic E-state index is -0.343. The summed E-state index contributed by atoms with van der Waals surface area (Å²) in [5.41, 5.74) is 0.677. The van der Waals surface area contributed by atoms with E-state index in [9.17, 15) is 4.79 Å². The highest BCUT2D eigenvalue weighted by Crippen LogP contribution is 2.29. The molecule has 0 spiro atoms. The van der Waals surface area contributed by atoms with Gasteiger partial charge in [-0.05, 0) is 6.07 Å². The van der Waals surface area contributed by atoms with Crippen molar-refractivity contribution in [3.8, 4) is 5.75 Å². The minimum absolute atomic E-state index is 0.0813. The van der Waals surface area contributed by atoms with Gasteiger partial charge in [-0.15, -0.1) is 0 Å². The maximum absolute atomic E-state index is 11.2. The van der Waals surface area contributed by atoms with Crippen LogP contribution in [0.2, 0.25) is 5.02 Å². The van der Waals surface area contributed by atoms with Gasteiger partial charge in [0.05, 0.1) is 18.6 Å². The molecule has 1 aromatic carbocycles. The first-order chi connectivity index (χ1) is 7.69. The van der Waals surface area contributed by atoms with Crippen molar-refractivity contribution in [1.29, 1.82) is 0 Å². The molecule has 0 bridgehead atoms. The molecular weight excluding hydrogens is 232 g/mol. The molecule has 0 aliphatic carbocycles. The molecule has 0 aromatic heterocycles. The van der Waals surface area contributed by atoms with E-state index in [1.807, 2.05) is 0 Å². The summed E-state index contributed by atoms with van der Waals surface area (Å²) < 4.78 is 14.7. The standard InChI is InChI=1S/C11H13ClO4/c1-14-7-16-11-8(6-10(13)15-2)4-3-5-9(11)12/h3-5H,6-7H2,1-2H3. The summed E-state index contributed by atoms with van der Waals surface area (Å²) in [6, 6.07) is 5.20. The zero-order chi connectivity index (χ0) is 12.0. The molecule has 0 unspecified atom stereocenters. The van der Waals surface area contributed by atoms with Crippen LogP contribution in [0, 0.1) is 0 Å². The zero-order valence-electron chi connectivity index (χ0n) is 9.16. The van der Waals surface area contributed by atoms with Crippen LogP contribution in [0.3, 0.4) is 0 Å². The molecule has 0 saturated heterocycles. The highest BCUT2D eigenvalue weighted by atomic mass is 35.5. The lowest BCUT2D eigenvalue weighted by Crippen LogP contribution is -2.08. The number of carbonyl (C=O) groups excluding carboxylic acids is 1. The molecule has 0 atom stereocenters. The van der Waals surface area contributed by atoms with Gasteiger partial charge in [0.25, 0.3) is 0 Å². The Hall–Kier alpha value is -1.26. The van der Waals surface area contributed by atoms with Crippen molar-refractivity contribution < 1.29 is 19.0 Å². The van der Waals surface area contributed by atoms with Crippen molar-refractivity contribution in [2.24, 2.45) is 0 Å². The Bertz CT molecular complexity index is 365. The molecule has 0 saturated carbocycles. The lowest BCUT2D eigenvalue weighted by Gasteiger charge is -2.11. The molecule has 1 aromatic rings. The second-order valence-electron chi connectivity index (χ2n) is 3.03. The maximum atomic E-state index is 11.2. The molecule has 0 N–H and O–H groups in total. The second-order valence-corrected chi connectivity index (χ2v) is 3.44. The van der Waals surface area contributed by atoms with E-state index in [-0.39, 0.29) is 19.2 Å². The Kier molecular flexibility index (Phi) is 5.08. The Balaban J connectivity index is 2.88. The lowest BCUT2D eigenvalue weighted by molar-refractivity contribution is -0.139. The van der Waals surface area contributed by atoms with Crippen LogP contribution in [-0.2, 0) is 20.7 Å². The van der Waals surface area contributed by atoms with E-state index >= 15 is 0 Å². The molecule has 88 valence electrons. The van der Waals surface area contributed by atoms with Crippen LogP contribution in [0.25, 0.3) is 0 Å². The van der Waals surface area contributed by atoms with Crippen molar-refractivity contribution in [2.45, 2.75) is 6.42 Å². The molecule has 1 rings (SSSR count). The third-order valence-corrected chi connectivity index (χ3v) is 2.23. The average molecular weight is 245 g/mol. The predicted octanol–water partition coefficient (Wildman–Crippen LogP) is 2.04. The van der Waals surface area contributed by atoms with E-state index in [4.69, 9.17) is 21.1 Å². The van der Waals surface area contributed by atoms with Crippen LogP contribution >= 0.6 is 11.6 Å². The number of esters is 1. The normalized spacial score (nSPS) is 9.94. The van der Waals surface area contributed by atoms with Crippen LogP contribution in [-0.4, -0.2) is 27.0 Å². The molecule has 0 aliphatic heterocycles. The minimum Gasteiger partial charge on any atom is -0.469 e. The number of hydrogen-bond acceptors (Lipinski definition) is 4. The van der Waals surface area contributed by atoms with E-state index in [0.29, 0.717) is 16.3 Å². The summed E-state index contributed by atoms with van der Waals surface area (Å²) in [5, 5.41) is 0.443. The van der Waals surface area contributed by atoms with Crippen LogP contribution in [0.1, 0.15) is 5.56 Å². The molecule has 16 heavy (non-hydrogen) atoms. The first kappa shape index (κ1) is 12.8. The van der Waals surface area contributed by atoms with Crippen LogP contribution < -0.4 is 4.74 Å². The van der Waals surface area contributed by atoms with E-state index in [2.05, 4.69) is 4.74 Å². The fourth-order valence-corrected chi connectivity index (χ4v) is 1.45. The van der Waals surface area contributed by atoms with Crippen molar-refractivity contribution in [3.63, 3.8) is 0 Å². The zero-order valence-corrected chi connectivity index (χ0v) is 9.91. The van der Waals surface area contributed by atoms with Gasteiger partial charge in [0.1, 0.15) is 5.75 Å². The summed E-state index contributed by atoms with van der Waals surface area (Å²) in [4.78, 5) is 11.2. The molecule has 0 amide bonds. The molecule has 0 fully saturated rings. The van der Waals surface area contributed by atoms with Crippen molar-refractivity contribution in [2.75, 3.05) is 21.0 Å². The van der Waals surface area contributed by atoms with Crippen LogP contribution in [0.15, 0.2) is 18.2 Å². The van der Waals surface area contributed by atoms with Gasteiger partial charge in [0.15, 0.2) is 6.79 Å². The van der Waals surface area contributed by atoms with Gasteiger partial charge in [0, 0.05) is 12.7 Å². The van der Waals surface area contributed by atoms with E-state index in [0.717, 1.165) is 0 Å². The Labute approximate surface area is 99.1 Å². The van der Waals surface area contributed by atoms with Gasteiger partial charge in [-0.1, -0.05) is 23.7 Å². The van der Waals surface area contributed by atoms with E-state index in [1.165, 1.54) is 14.2 Å². The smallest absolute Gasteiger partial charge is 0.310 e. The third kappa shape index (κ3) is 3.40. The van der Waals surface area contributed by atoms with Gasteiger partial charge in [-0.3, -0.25) is 4.79 Å². The molecular formula is C11H13ClO4. The summed E-state index contributed by atoms with van der Waals surface area (Å²) in [6.45, 7) is 0.0813. The first-order valence-electron chi connectivity index (χ1n) is 4.65. The van der Waals surface area contributed by atoms with E-state index in [1.54, 1.807) is 18.2 Å². The predicted molar refractivity (Wildman–Crippen MR) is 59.7 cm³/mol. The molecule has 5 heteroatoms. The van der Waals surface area contributed by atoms with Gasteiger partial charge in [0.2, 0.25) is 0 Å². The summed E-state index contributed by atoms with van der Waals surface area (Å²) in [6.07, 6.45) is 0.121. The summed E-state index contributed by atoms with van der Waals surface area (Å²) in [7, 11) is 2.85. The highest BCUT2D eigenvalue weighted by Gasteiger charge is 2.12. The van der Waals surface area contributed by atoms with Crippen molar-refractivity contribution in [1.82, 2.24) is 0 Å². The molecule has 0 radical (unpaired) electrons. The summed E-state index contributed by atoms with van der Waals surface area (Å²) >= 11 is 5.96. The van der Waals surface area contributed by atoms with E-state index < -0.39 is 0 Å². The molecule has 0 heterocycles. The highest BCUT2D eigenvalue weighted by molar-refractivity contribution is 6.32. The molecule has 0 aliphatic rings. The number of ether oxygens (including phenoxy) is 3. The third-order valence-electron chi connectivity index (χ3n) is 1.93. The van der Waals surface area contributed by atoms with Crippen molar-refractivity contribution >= 4 is 17.6 Å². The van der Waals surface area contributed by atoms with Gasteiger partial charge < -0.3 is 14.2 Å².